The van der Waals surface area contributed by atoms with E-state index in [1.54, 1.807) is 0 Å². The Morgan fingerprint density at radius 3 is 1.30 bits per heavy atom. The van der Waals surface area contributed by atoms with Crippen LogP contribution < -0.4 is 11.0 Å². The average Bonchev–Trinajstić information content (AvgIpc) is 3.85. The standard InChI is InChI=1S/C40H20N8.Al.ClH/c1-3-11-23-19-31-29(17-21(23)9-1)37-44-35-27-15-7-5-13-25(27)33(42-35)41-34-26-14-6-8-16-28(26)36(43-34)45-38-30-18-22-10-2-4-12-24(22)20-32(30)40(47-38)48-39(31)46-37;;/h1-20H;;1H/q-2;+3;/p-1. The van der Waals surface area contributed by atoms with Gasteiger partial charge in [-0.25, -0.2) is 30.0 Å². The third kappa shape index (κ3) is 3.51. The van der Waals surface area contributed by atoms with Crippen LogP contribution in [0.3, 0.4) is 0 Å². The Morgan fingerprint density at radius 1 is 0.380 bits per heavy atom. The first kappa shape index (κ1) is 26.9. The van der Waals surface area contributed by atoms with Crippen molar-refractivity contribution in [3.05, 3.63) is 155 Å². The van der Waals surface area contributed by atoms with E-state index in [0.717, 1.165) is 65.3 Å². The molecule has 10 heteroatoms. The number of halogens is 1. The van der Waals surface area contributed by atoms with Crippen LogP contribution in [0.2, 0.25) is 0 Å². The van der Waals surface area contributed by atoms with Gasteiger partial charge in [-0.3, -0.25) is 0 Å². The maximum atomic E-state index is 7.97. The molecule has 0 saturated heterocycles. The molecule has 0 aliphatic carbocycles. The molecule has 12 rings (SSSR count). The van der Waals surface area contributed by atoms with Gasteiger partial charge in [-0.05, 0) is 45.8 Å². The first-order valence-electron chi connectivity index (χ1n) is 16.4. The lowest BCUT2D eigenvalue weighted by Crippen LogP contribution is -2.43. The van der Waals surface area contributed by atoms with Crippen molar-refractivity contribution in [2.24, 2.45) is 30.0 Å². The third-order valence-corrected chi connectivity index (χ3v) is 13.2. The highest BCUT2D eigenvalue weighted by Crippen LogP contribution is 2.41. The molecular formula is C40H20AlClN8. The molecule has 0 unspecified atom stereocenters. The number of fused-ring (bicyclic) bond motifs is 16. The summed E-state index contributed by atoms with van der Waals surface area (Å²) in [5.41, 5.74) is 5.15. The summed E-state index contributed by atoms with van der Waals surface area (Å²) in [6.07, 6.45) is 0. The van der Waals surface area contributed by atoms with Gasteiger partial charge in [-0.1, -0.05) is 97.1 Å². The first-order valence-corrected chi connectivity index (χ1v) is 19.2. The van der Waals surface area contributed by atoms with Crippen molar-refractivity contribution in [3.63, 3.8) is 0 Å². The lowest BCUT2D eigenvalue weighted by atomic mass is 10.0. The van der Waals surface area contributed by atoms with Gasteiger partial charge in [0.05, 0.1) is 0 Å². The van der Waals surface area contributed by atoms with E-state index in [0.29, 0.717) is 46.0 Å². The van der Waals surface area contributed by atoms with Gasteiger partial charge in [-0.15, -0.1) is 0 Å². The zero-order chi connectivity index (χ0) is 32.7. The highest BCUT2D eigenvalue weighted by Gasteiger charge is 2.38. The minimum atomic E-state index is -2.83. The van der Waals surface area contributed by atoms with E-state index in [1.165, 1.54) is 0 Å². The number of hydrogen-bond donors (Lipinski definition) is 0. The van der Waals surface area contributed by atoms with Crippen LogP contribution in [-0.4, -0.2) is 44.1 Å². The Kier molecular flexibility index (Phi) is 5.16. The second-order valence-electron chi connectivity index (χ2n) is 12.9. The summed E-state index contributed by atoms with van der Waals surface area (Å²) in [5, 5.41) is 8.22. The Labute approximate surface area is 292 Å². The number of aliphatic imine (C=N–C) groups is 4. The Hall–Kier alpha value is -5.98. The summed E-state index contributed by atoms with van der Waals surface area (Å²) >= 11 is -2.83. The largest absolute Gasteiger partial charge is 0.722 e. The molecule has 2 aromatic heterocycles. The van der Waals surface area contributed by atoms with Crippen molar-refractivity contribution in [1.82, 2.24) is 7.10 Å². The summed E-state index contributed by atoms with van der Waals surface area (Å²) in [5.74, 6) is 3.83. The van der Waals surface area contributed by atoms with Gasteiger partial charge in [0.15, 0.2) is 23.3 Å². The molecule has 50 heavy (non-hydrogen) atoms. The van der Waals surface area contributed by atoms with E-state index >= 15 is 0 Å². The van der Waals surface area contributed by atoms with Gasteiger partial charge in [-0.2, -0.15) is 10.0 Å². The van der Waals surface area contributed by atoms with E-state index in [-0.39, 0.29) is 0 Å². The van der Waals surface area contributed by atoms with Crippen molar-refractivity contribution in [1.29, 1.82) is 0 Å². The van der Waals surface area contributed by atoms with E-state index in [4.69, 9.17) is 40.0 Å². The Morgan fingerprint density at radius 2 is 0.780 bits per heavy atom. The van der Waals surface area contributed by atoms with Gasteiger partial charge < -0.3 is 7.10 Å². The molecule has 8 nitrogen and oxygen atoms in total. The lowest BCUT2D eigenvalue weighted by molar-refractivity contribution is 0.983. The van der Waals surface area contributed by atoms with Gasteiger partial charge >= 0.3 is 13.7 Å². The molecule has 0 spiro atoms. The van der Waals surface area contributed by atoms with Gasteiger partial charge in [0.1, 0.15) is 22.6 Å². The second kappa shape index (κ2) is 9.59. The average molecular weight is 675 g/mol. The summed E-state index contributed by atoms with van der Waals surface area (Å²) in [6, 6.07) is 41.9. The Bertz CT molecular complexity index is 3180. The van der Waals surface area contributed by atoms with Crippen LogP contribution in [0.4, 0.5) is 11.6 Å². The smallest absolute Gasteiger partial charge is 0.370 e. The van der Waals surface area contributed by atoms with E-state index < -0.39 is 13.7 Å². The molecule has 4 aliphatic heterocycles. The number of nitrogens with zero attached hydrogens (tertiary/aromatic N) is 8. The monoisotopic (exact) mass is 674 g/mol. The van der Waals surface area contributed by atoms with Crippen LogP contribution >= 0.6 is 10.0 Å². The fourth-order valence-electron chi connectivity index (χ4n) is 7.85. The zero-order valence-corrected chi connectivity index (χ0v) is 28.0. The molecule has 0 atom stereocenters. The van der Waals surface area contributed by atoms with Crippen LogP contribution in [0.5, 0.6) is 0 Å². The molecule has 6 aromatic carbocycles. The number of amidine groups is 4. The molecule has 6 heterocycles. The second-order valence-corrected chi connectivity index (χ2v) is 15.7. The van der Waals surface area contributed by atoms with E-state index in [1.807, 2.05) is 24.3 Å². The van der Waals surface area contributed by atoms with Gasteiger partial charge in [0.2, 0.25) is 0 Å². The van der Waals surface area contributed by atoms with Crippen molar-refractivity contribution in [3.8, 4) is 0 Å². The molecule has 0 amide bonds. The highest BCUT2D eigenvalue weighted by molar-refractivity contribution is 7.05. The number of benzene rings is 6. The number of hydrogen-bond acceptors (Lipinski definition) is 6. The molecular weight excluding hydrogens is 655 g/mol. The van der Waals surface area contributed by atoms with Crippen LogP contribution in [-0.2, 0) is 0 Å². The quantitative estimate of drug-likeness (QED) is 0.150. The summed E-state index contributed by atoms with van der Waals surface area (Å²) in [4.78, 5) is 31.7. The molecule has 4 aliphatic rings. The first-order chi connectivity index (χ1) is 24.7. The normalized spacial score (nSPS) is 15.3. The van der Waals surface area contributed by atoms with Crippen LogP contribution in [0.25, 0.3) is 43.1 Å². The molecule has 6 bridgehead atoms. The van der Waals surface area contributed by atoms with Crippen molar-refractivity contribution in [2.45, 2.75) is 0 Å². The van der Waals surface area contributed by atoms with Crippen molar-refractivity contribution >= 4 is 102 Å². The molecule has 0 fully saturated rings. The predicted molar refractivity (Wildman–Crippen MR) is 202 cm³/mol. The van der Waals surface area contributed by atoms with E-state index in [9.17, 15) is 0 Å². The van der Waals surface area contributed by atoms with Crippen molar-refractivity contribution < 1.29 is 0 Å². The summed E-state index contributed by atoms with van der Waals surface area (Å²) in [6.45, 7) is 0. The number of rotatable bonds is 0. The lowest BCUT2D eigenvalue weighted by Gasteiger charge is -2.15. The minimum Gasteiger partial charge on any atom is -0.370 e. The predicted octanol–water partition coefficient (Wildman–Crippen LogP) is 7.47. The number of aromatic nitrogens is 2. The molecule has 230 valence electrons. The van der Waals surface area contributed by atoms with Gasteiger partial charge in [0.25, 0.3) is 0 Å². The topological polar surface area (TPSA) is 84.0 Å². The zero-order valence-electron chi connectivity index (χ0n) is 26.1. The van der Waals surface area contributed by atoms with Crippen LogP contribution in [0.15, 0.2) is 151 Å². The molecule has 0 saturated carbocycles. The minimum absolute atomic E-state index is 0.600. The summed E-state index contributed by atoms with van der Waals surface area (Å²) in [7, 11) is 7.97. The van der Waals surface area contributed by atoms with Gasteiger partial charge in [0, 0.05) is 43.8 Å². The van der Waals surface area contributed by atoms with Crippen molar-refractivity contribution in [2.75, 3.05) is 0 Å². The fraction of sp³-hybridized carbons (Fsp3) is 0. The molecule has 0 radical (unpaired) electrons. The fourth-order valence-corrected chi connectivity index (χ4v) is 10.8. The van der Waals surface area contributed by atoms with E-state index in [2.05, 4.69) is 104 Å². The maximum absolute atomic E-state index is 7.97. The third-order valence-electron chi connectivity index (χ3n) is 10.2. The highest BCUT2D eigenvalue weighted by atomic mass is 35.6. The molecule has 0 N–H and O–H groups in total. The molecule has 8 aromatic rings. The van der Waals surface area contributed by atoms with Crippen LogP contribution in [0.1, 0.15) is 22.3 Å². The van der Waals surface area contributed by atoms with Crippen LogP contribution in [0, 0.1) is 0 Å². The Balaban J connectivity index is 1.35. The SMILES string of the molecule is [Cl][Al]1[n]2c3c4ccccc4c2N=C2N=C(N=c4c5cc6ccccc6cc5c([n]41)=NC1=NC(=N3)c3ccccc31)c1cc3ccccc3cc12. The maximum Gasteiger partial charge on any atom is 0.722 e. The summed E-state index contributed by atoms with van der Waals surface area (Å²) < 4.78 is 4.27.